The van der Waals surface area contributed by atoms with Gasteiger partial charge in [-0.25, -0.2) is 14.6 Å². The van der Waals surface area contributed by atoms with E-state index >= 15 is 0 Å². The molecule has 2 rings (SSSR count). The van der Waals surface area contributed by atoms with E-state index in [0.717, 1.165) is 0 Å². The van der Waals surface area contributed by atoms with E-state index in [4.69, 9.17) is 32.8 Å². The minimum absolute atomic E-state index is 0.0602. The molecule has 24 heavy (non-hydrogen) atoms. The maximum atomic E-state index is 11.7. The summed E-state index contributed by atoms with van der Waals surface area (Å²) in [5.41, 5.74) is 0.397. The fourth-order valence-electron chi connectivity index (χ4n) is 1.79. The monoisotopic (exact) mass is 372 g/mol. The van der Waals surface area contributed by atoms with Gasteiger partial charge in [0.2, 0.25) is 0 Å². The van der Waals surface area contributed by atoms with Gasteiger partial charge in [-0.05, 0) is 32.0 Å². The lowest BCUT2D eigenvalue weighted by Gasteiger charge is -2.13. The molecular weight excluding hydrogens is 359 g/mol. The highest BCUT2D eigenvalue weighted by molar-refractivity contribution is 6.42. The van der Waals surface area contributed by atoms with Gasteiger partial charge in [0.25, 0.3) is 0 Å². The number of halogens is 2. The molecule has 0 fully saturated rings. The molecule has 1 aromatic rings. The minimum atomic E-state index is -0.830. The molecule has 0 saturated carbocycles. The van der Waals surface area contributed by atoms with E-state index in [2.05, 4.69) is 15.5 Å². The average molecular weight is 373 g/mol. The number of carbonyl (C=O) groups excluding carboxylic acids is 2. The maximum absolute atomic E-state index is 11.7. The lowest BCUT2D eigenvalue weighted by molar-refractivity contribution is 0.132. The molecule has 0 radical (unpaired) electrons. The predicted molar refractivity (Wildman–Crippen MR) is 90.8 cm³/mol. The molecule has 0 unspecified atom stereocenters. The largest absolute Gasteiger partial charge is 0.449 e. The van der Waals surface area contributed by atoms with E-state index in [1.807, 2.05) is 0 Å². The van der Waals surface area contributed by atoms with Crippen LogP contribution < -0.4 is 5.32 Å². The fourth-order valence-corrected chi connectivity index (χ4v) is 2.09. The van der Waals surface area contributed by atoms with E-state index in [1.165, 1.54) is 17.0 Å². The number of hydrogen-bond acceptors (Lipinski definition) is 5. The van der Waals surface area contributed by atoms with Crippen molar-refractivity contribution in [1.82, 2.24) is 4.90 Å². The van der Waals surface area contributed by atoms with E-state index in [9.17, 15) is 9.59 Å². The molecule has 8 nitrogen and oxygen atoms in total. The molecule has 1 N–H and O–H groups in total. The second-order valence-electron chi connectivity index (χ2n) is 4.58. The van der Waals surface area contributed by atoms with Gasteiger partial charge in [-0.2, -0.15) is 0 Å². The van der Waals surface area contributed by atoms with Gasteiger partial charge in [0.05, 0.1) is 23.2 Å². The highest BCUT2D eigenvalue weighted by Crippen LogP contribution is 2.25. The molecule has 0 atom stereocenters. The van der Waals surface area contributed by atoms with Gasteiger partial charge in [-0.15, -0.1) is 0 Å². The summed E-state index contributed by atoms with van der Waals surface area (Å²) in [5, 5.41) is 6.71. The number of nitrogens with zero attached hydrogens (tertiary/aromatic N) is 3. The van der Waals surface area contributed by atoms with E-state index in [-0.39, 0.29) is 19.0 Å². The van der Waals surface area contributed by atoms with E-state index in [0.29, 0.717) is 21.6 Å². The lowest BCUT2D eigenvalue weighted by Crippen LogP contribution is -2.34. The number of ether oxygens (including phenoxy) is 1. The molecular formula is C14H14Cl2N4O4. The Kier molecular flexibility index (Phi) is 5.99. The standard InChI is InChI=1S/C14H14Cl2N4O4/c1-3-23-14(22)20-7-12(17-8(20)2)19-24-13(21)18-9-4-5-10(15)11(16)6-9/h4-6H,3,7H2,1-2H3,(H,18,21)/b19-12+. The zero-order valence-electron chi connectivity index (χ0n) is 12.9. The van der Waals surface area contributed by atoms with Gasteiger partial charge in [0, 0.05) is 5.69 Å². The van der Waals surface area contributed by atoms with Gasteiger partial charge >= 0.3 is 12.2 Å². The zero-order chi connectivity index (χ0) is 17.7. The first-order valence-electron chi connectivity index (χ1n) is 6.90. The van der Waals surface area contributed by atoms with Crippen LogP contribution in [0.25, 0.3) is 0 Å². The van der Waals surface area contributed by atoms with Crippen LogP contribution >= 0.6 is 23.2 Å². The minimum Gasteiger partial charge on any atom is -0.449 e. The number of amides is 2. The van der Waals surface area contributed by atoms with Crippen LogP contribution in [0.5, 0.6) is 0 Å². The number of anilines is 1. The van der Waals surface area contributed by atoms with Crippen molar-refractivity contribution in [2.24, 2.45) is 10.1 Å². The molecule has 0 aliphatic carbocycles. The maximum Gasteiger partial charge on any atom is 0.437 e. The van der Waals surface area contributed by atoms with Gasteiger partial charge in [0.1, 0.15) is 5.84 Å². The molecule has 1 aliphatic rings. The van der Waals surface area contributed by atoms with Crippen LogP contribution in [0, 0.1) is 0 Å². The van der Waals surface area contributed by atoms with Gasteiger partial charge in [0.15, 0.2) is 5.84 Å². The first kappa shape index (κ1) is 18.0. The fraction of sp³-hybridized carbons (Fsp3) is 0.286. The van der Waals surface area contributed by atoms with Crippen molar-refractivity contribution in [3.05, 3.63) is 28.2 Å². The number of aliphatic imine (C=N–C) groups is 1. The smallest absolute Gasteiger partial charge is 0.437 e. The Morgan fingerprint density at radius 3 is 2.79 bits per heavy atom. The molecule has 128 valence electrons. The molecule has 10 heteroatoms. The predicted octanol–water partition coefficient (Wildman–Crippen LogP) is 3.75. The van der Waals surface area contributed by atoms with Crippen molar-refractivity contribution < 1.29 is 19.2 Å². The lowest BCUT2D eigenvalue weighted by atomic mass is 10.3. The van der Waals surface area contributed by atoms with Crippen molar-refractivity contribution in [2.75, 3.05) is 18.5 Å². The highest BCUT2D eigenvalue weighted by atomic mass is 35.5. The van der Waals surface area contributed by atoms with Gasteiger partial charge in [-0.1, -0.05) is 28.4 Å². The van der Waals surface area contributed by atoms with Crippen LogP contribution in [0.3, 0.4) is 0 Å². The summed E-state index contributed by atoms with van der Waals surface area (Å²) in [6.07, 6.45) is -1.37. The number of oxime groups is 1. The molecule has 2 amide bonds. The van der Waals surface area contributed by atoms with Crippen molar-refractivity contribution >= 4 is 52.7 Å². The number of nitrogens with one attached hydrogen (secondary N) is 1. The Morgan fingerprint density at radius 1 is 1.38 bits per heavy atom. The number of rotatable bonds is 3. The second-order valence-corrected chi connectivity index (χ2v) is 5.40. The van der Waals surface area contributed by atoms with Crippen molar-refractivity contribution in [2.45, 2.75) is 13.8 Å². The van der Waals surface area contributed by atoms with Crippen LogP contribution in [-0.2, 0) is 9.57 Å². The van der Waals surface area contributed by atoms with E-state index in [1.54, 1.807) is 19.9 Å². The number of hydrogen-bond donors (Lipinski definition) is 1. The Hall–Kier alpha value is -2.32. The van der Waals surface area contributed by atoms with Gasteiger partial charge in [-0.3, -0.25) is 15.1 Å². The van der Waals surface area contributed by atoms with Crippen LogP contribution in [0.4, 0.5) is 15.3 Å². The third-order valence-corrected chi connectivity index (χ3v) is 3.61. The molecule has 0 aromatic heterocycles. The summed E-state index contributed by atoms with van der Waals surface area (Å²) in [5.74, 6) is 0.575. The van der Waals surface area contributed by atoms with Crippen LogP contribution in [-0.4, -0.2) is 41.9 Å². The quantitative estimate of drug-likeness (QED) is 0.645. The van der Waals surface area contributed by atoms with E-state index < -0.39 is 12.2 Å². The molecule has 1 aromatic carbocycles. The van der Waals surface area contributed by atoms with Crippen LogP contribution in [0.15, 0.2) is 28.3 Å². The van der Waals surface area contributed by atoms with Crippen LogP contribution in [0.2, 0.25) is 10.0 Å². The molecule has 1 aliphatic heterocycles. The normalized spacial score (nSPS) is 15.2. The Bertz CT molecular complexity index is 721. The zero-order valence-corrected chi connectivity index (χ0v) is 14.4. The third kappa shape index (κ3) is 4.59. The highest BCUT2D eigenvalue weighted by Gasteiger charge is 2.26. The summed E-state index contributed by atoms with van der Waals surface area (Å²) in [6.45, 7) is 3.63. The van der Waals surface area contributed by atoms with Crippen LogP contribution in [0.1, 0.15) is 13.8 Å². The second kappa shape index (κ2) is 7.98. The van der Waals surface area contributed by atoms with Crippen molar-refractivity contribution in [1.29, 1.82) is 0 Å². The average Bonchev–Trinajstić information content (AvgIpc) is 2.90. The Balaban J connectivity index is 1.92. The first-order chi connectivity index (χ1) is 11.4. The summed E-state index contributed by atoms with van der Waals surface area (Å²) >= 11 is 11.6. The summed E-state index contributed by atoms with van der Waals surface area (Å²) in [7, 11) is 0. The SMILES string of the molecule is CCOC(=O)N1C/C(=N\OC(=O)Nc2ccc(Cl)c(Cl)c2)N=C1C. The molecule has 0 saturated heterocycles. The number of carbonyl (C=O) groups is 2. The Labute approximate surface area is 148 Å². The number of amidine groups is 2. The summed E-state index contributed by atoms with van der Waals surface area (Å²) < 4.78 is 4.88. The molecule has 0 bridgehead atoms. The van der Waals surface area contributed by atoms with Crippen molar-refractivity contribution in [3.8, 4) is 0 Å². The molecule has 1 heterocycles. The third-order valence-electron chi connectivity index (χ3n) is 2.87. The first-order valence-corrected chi connectivity index (χ1v) is 7.65. The summed E-state index contributed by atoms with van der Waals surface area (Å²) in [4.78, 5) is 33.4. The Morgan fingerprint density at radius 2 is 2.12 bits per heavy atom. The van der Waals surface area contributed by atoms with Crippen molar-refractivity contribution in [3.63, 3.8) is 0 Å². The van der Waals surface area contributed by atoms with Gasteiger partial charge < -0.3 is 4.74 Å². The number of benzene rings is 1. The molecule has 0 spiro atoms. The topological polar surface area (TPSA) is 92.6 Å². The summed E-state index contributed by atoms with van der Waals surface area (Å²) in [6, 6.07) is 4.56.